The summed E-state index contributed by atoms with van der Waals surface area (Å²) in [5, 5.41) is 7.89. The Kier molecular flexibility index (Phi) is 6.62. The van der Waals surface area contributed by atoms with Gasteiger partial charge in [-0.05, 0) is 56.1 Å². The number of alkyl halides is 2. The minimum Gasteiger partial charge on any atom is -0.482 e. The first-order valence-electron chi connectivity index (χ1n) is 11.5. The van der Waals surface area contributed by atoms with E-state index in [9.17, 15) is 8.78 Å². The molecule has 1 N–H and O–H groups in total. The Hall–Kier alpha value is -4.25. The monoisotopic (exact) mass is 507 g/mol. The second-order valence-electron chi connectivity index (χ2n) is 8.87. The van der Waals surface area contributed by atoms with E-state index in [0.29, 0.717) is 27.4 Å². The lowest BCUT2D eigenvalue weighted by Gasteiger charge is -2.23. The van der Waals surface area contributed by atoms with Crippen molar-refractivity contribution in [2.24, 2.45) is 7.05 Å². The number of hydrogen-bond donors (Lipinski definition) is 1. The smallest absolute Gasteiger partial charge is 0.276 e. The number of hydrogen-bond acceptors (Lipinski definition) is 7. The maximum absolute atomic E-state index is 15.3. The second-order valence-corrected chi connectivity index (χ2v) is 8.87. The predicted molar refractivity (Wildman–Crippen MR) is 136 cm³/mol. The lowest BCUT2D eigenvalue weighted by Crippen LogP contribution is -2.36. The molecule has 0 radical (unpaired) electrons. The largest absolute Gasteiger partial charge is 0.482 e. The number of aromatic nitrogens is 5. The van der Waals surface area contributed by atoms with Crippen LogP contribution in [-0.4, -0.2) is 62.8 Å². The Bertz CT molecular complexity index is 1570. The lowest BCUT2D eigenvalue weighted by molar-refractivity contribution is -0.000201. The number of aryl methyl sites for hydroxylation is 1. The van der Waals surface area contributed by atoms with Gasteiger partial charge >= 0.3 is 0 Å². The van der Waals surface area contributed by atoms with Gasteiger partial charge in [0.05, 0.1) is 28.3 Å². The van der Waals surface area contributed by atoms with Gasteiger partial charge in [0, 0.05) is 36.9 Å². The molecule has 0 fully saturated rings. The first-order chi connectivity index (χ1) is 17.8. The number of pyridine rings is 1. The molecule has 37 heavy (non-hydrogen) atoms. The van der Waals surface area contributed by atoms with Crippen molar-refractivity contribution in [3.63, 3.8) is 0 Å². The normalized spacial score (nSPS) is 12.5. The maximum atomic E-state index is 15.3. The van der Waals surface area contributed by atoms with Gasteiger partial charge in [-0.15, -0.1) is 0 Å². The van der Waals surface area contributed by atoms with Gasteiger partial charge in [0.2, 0.25) is 0 Å². The zero-order chi connectivity index (χ0) is 26.1. The average molecular weight is 508 g/mol. The van der Waals surface area contributed by atoms with Crippen LogP contribution in [0.5, 0.6) is 5.75 Å². The van der Waals surface area contributed by atoms with Crippen LogP contribution in [0.15, 0.2) is 61.3 Å². The SMILES string of the molecule is CN(C)C[C@@H](Oc1cc(-c2cnn(C)c2)cc2ncnc(Nc3ccc4ncccc4c3F)c12)C(F)F. The van der Waals surface area contributed by atoms with Crippen molar-refractivity contribution in [2.75, 3.05) is 26.0 Å². The fourth-order valence-electron chi connectivity index (χ4n) is 4.11. The second kappa shape index (κ2) is 10.0. The fourth-order valence-corrected chi connectivity index (χ4v) is 4.11. The number of ether oxygens (including phenoxy) is 1. The first-order valence-corrected chi connectivity index (χ1v) is 11.5. The molecule has 8 nitrogen and oxygen atoms in total. The summed E-state index contributed by atoms with van der Waals surface area (Å²) in [5.74, 6) is -0.142. The molecular formula is C26H24F3N7O. The standard InChI is InChI=1S/C26H24F3N7O/c1-35(2)13-22(25(28)29)37-21-10-15(16-11-33-36(3)12-16)9-20-23(21)26(32-14-31-20)34-19-7-6-18-17(24(19)27)5-4-8-30-18/h4-12,14,22,25H,13H2,1-3H3,(H,31,32,34)/t22-/m1/s1. The molecular weight excluding hydrogens is 483 g/mol. The van der Waals surface area contributed by atoms with Crippen LogP contribution < -0.4 is 10.1 Å². The molecule has 5 aromatic rings. The topological polar surface area (TPSA) is 81.0 Å². The third-order valence-corrected chi connectivity index (χ3v) is 5.82. The molecule has 2 aromatic carbocycles. The predicted octanol–water partition coefficient (Wildman–Crippen LogP) is 5.04. The number of anilines is 2. The van der Waals surface area contributed by atoms with Crippen molar-refractivity contribution in [1.82, 2.24) is 29.6 Å². The van der Waals surface area contributed by atoms with Gasteiger partial charge in [0.25, 0.3) is 6.43 Å². The Morgan fingerprint density at radius 1 is 1.05 bits per heavy atom. The van der Waals surface area contributed by atoms with Gasteiger partial charge in [-0.25, -0.2) is 23.1 Å². The summed E-state index contributed by atoms with van der Waals surface area (Å²) < 4.78 is 50.8. The summed E-state index contributed by atoms with van der Waals surface area (Å²) in [7, 11) is 5.16. The van der Waals surface area contributed by atoms with E-state index in [2.05, 4.69) is 25.4 Å². The Labute approximate surface area is 210 Å². The molecule has 190 valence electrons. The van der Waals surface area contributed by atoms with Crippen LogP contribution in [0.2, 0.25) is 0 Å². The highest BCUT2D eigenvalue weighted by Crippen LogP contribution is 2.38. The molecule has 3 aromatic heterocycles. The van der Waals surface area contributed by atoms with Crippen molar-refractivity contribution in [2.45, 2.75) is 12.5 Å². The Morgan fingerprint density at radius 3 is 2.62 bits per heavy atom. The highest BCUT2D eigenvalue weighted by Gasteiger charge is 2.26. The molecule has 0 aliphatic heterocycles. The van der Waals surface area contributed by atoms with Gasteiger partial charge in [0.15, 0.2) is 11.9 Å². The van der Waals surface area contributed by atoms with E-state index in [1.54, 1.807) is 85.7 Å². The van der Waals surface area contributed by atoms with Gasteiger partial charge in [-0.3, -0.25) is 9.67 Å². The van der Waals surface area contributed by atoms with Gasteiger partial charge in [0.1, 0.15) is 17.9 Å². The molecule has 3 heterocycles. The van der Waals surface area contributed by atoms with Crippen LogP contribution in [0.4, 0.5) is 24.7 Å². The van der Waals surface area contributed by atoms with E-state index in [1.807, 2.05) is 0 Å². The number of nitrogens with zero attached hydrogens (tertiary/aromatic N) is 6. The van der Waals surface area contributed by atoms with Crippen LogP contribution >= 0.6 is 0 Å². The molecule has 0 bridgehead atoms. The fraction of sp³-hybridized carbons (Fsp3) is 0.231. The Morgan fingerprint density at radius 2 is 1.89 bits per heavy atom. The minimum absolute atomic E-state index is 0.0148. The van der Waals surface area contributed by atoms with Crippen LogP contribution in [0, 0.1) is 5.82 Å². The summed E-state index contributed by atoms with van der Waals surface area (Å²) in [6.07, 6.45) is 2.21. The van der Waals surface area contributed by atoms with E-state index in [0.717, 1.165) is 5.56 Å². The molecule has 0 aliphatic rings. The van der Waals surface area contributed by atoms with E-state index < -0.39 is 18.3 Å². The minimum atomic E-state index is -2.74. The summed E-state index contributed by atoms with van der Waals surface area (Å²) in [4.78, 5) is 14.5. The molecule has 11 heteroatoms. The number of nitrogens with one attached hydrogen (secondary N) is 1. The molecule has 0 saturated heterocycles. The highest BCUT2D eigenvalue weighted by atomic mass is 19.3. The van der Waals surface area contributed by atoms with Crippen LogP contribution in [0.1, 0.15) is 0 Å². The molecule has 0 saturated carbocycles. The zero-order valence-corrected chi connectivity index (χ0v) is 20.4. The van der Waals surface area contributed by atoms with E-state index in [-0.39, 0.29) is 23.8 Å². The molecule has 1 atom stereocenters. The van der Waals surface area contributed by atoms with Crippen molar-refractivity contribution < 1.29 is 17.9 Å². The highest BCUT2D eigenvalue weighted by molar-refractivity contribution is 5.99. The number of fused-ring (bicyclic) bond motifs is 2. The third-order valence-electron chi connectivity index (χ3n) is 5.82. The van der Waals surface area contributed by atoms with Crippen molar-refractivity contribution in [1.29, 1.82) is 0 Å². The summed E-state index contributed by atoms with van der Waals surface area (Å²) in [6.45, 7) is -0.0148. The van der Waals surface area contributed by atoms with E-state index >= 15 is 4.39 Å². The van der Waals surface area contributed by atoms with Crippen molar-refractivity contribution >= 4 is 33.3 Å². The number of halogens is 3. The van der Waals surface area contributed by atoms with Crippen LogP contribution in [0.25, 0.3) is 32.9 Å². The van der Waals surface area contributed by atoms with Gasteiger partial charge < -0.3 is 15.0 Å². The number of rotatable bonds is 8. The molecule has 0 amide bonds. The van der Waals surface area contributed by atoms with E-state index in [1.165, 1.54) is 6.33 Å². The lowest BCUT2D eigenvalue weighted by atomic mass is 10.1. The van der Waals surface area contributed by atoms with Crippen LogP contribution in [0.3, 0.4) is 0 Å². The molecule has 0 unspecified atom stereocenters. The summed E-state index contributed by atoms with van der Waals surface area (Å²) in [5.41, 5.74) is 2.54. The molecule has 0 aliphatic carbocycles. The van der Waals surface area contributed by atoms with E-state index in [4.69, 9.17) is 4.74 Å². The first kappa shape index (κ1) is 24.4. The zero-order valence-electron chi connectivity index (χ0n) is 20.4. The Balaban J connectivity index is 1.65. The maximum Gasteiger partial charge on any atom is 0.276 e. The average Bonchev–Trinajstić information content (AvgIpc) is 3.31. The van der Waals surface area contributed by atoms with Crippen LogP contribution in [-0.2, 0) is 7.05 Å². The number of benzene rings is 2. The quantitative estimate of drug-likeness (QED) is 0.315. The van der Waals surface area contributed by atoms with Gasteiger partial charge in [-0.1, -0.05) is 0 Å². The third kappa shape index (κ3) is 5.03. The number of likely N-dealkylation sites (N-methyl/N-ethyl adjacent to an activating group) is 1. The van der Waals surface area contributed by atoms with Gasteiger partial charge in [-0.2, -0.15) is 5.10 Å². The summed E-state index contributed by atoms with van der Waals surface area (Å²) >= 11 is 0. The molecule has 5 rings (SSSR count). The summed E-state index contributed by atoms with van der Waals surface area (Å²) in [6, 6.07) is 9.96. The molecule has 0 spiro atoms. The van der Waals surface area contributed by atoms with Crippen molar-refractivity contribution in [3.8, 4) is 16.9 Å². The van der Waals surface area contributed by atoms with Crippen molar-refractivity contribution in [3.05, 3.63) is 67.1 Å².